The van der Waals surface area contributed by atoms with E-state index in [9.17, 15) is 13.2 Å². The smallest absolute Gasteiger partial charge is 0.269 e. The van der Waals surface area contributed by atoms with Gasteiger partial charge in [0.2, 0.25) is 10.0 Å². The van der Waals surface area contributed by atoms with Crippen molar-refractivity contribution in [2.45, 2.75) is 18.7 Å². The van der Waals surface area contributed by atoms with Crippen molar-refractivity contribution in [2.24, 2.45) is 0 Å². The predicted octanol–water partition coefficient (Wildman–Crippen LogP) is 1.82. The molecule has 0 aliphatic carbocycles. The Morgan fingerprint density at radius 3 is 2.36 bits per heavy atom. The lowest BCUT2D eigenvalue weighted by Crippen LogP contribution is -2.30. The molecule has 0 aliphatic heterocycles. The second kappa shape index (κ2) is 6.95. The summed E-state index contributed by atoms with van der Waals surface area (Å²) in [6, 6.07) is 6.08. The van der Waals surface area contributed by atoms with Gasteiger partial charge in [-0.3, -0.25) is 4.79 Å². The molecule has 0 fully saturated rings. The van der Waals surface area contributed by atoms with Crippen LogP contribution in [0.4, 0.5) is 5.69 Å². The number of aromatic nitrogens is 2. The molecule has 22 heavy (non-hydrogen) atoms. The molecule has 1 N–H and O–H groups in total. The molecule has 0 aliphatic rings. The fourth-order valence-electron chi connectivity index (χ4n) is 1.88. The molecule has 0 saturated heterocycles. The molecule has 2 aromatic rings. The maximum absolute atomic E-state index is 12.3. The lowest BCUT2D eigenvalue weighted by atomic mass is 10.3. The standard InChI is InChI=1S/C13H16N4O3S2/c1-3-17(4-2)22(19,20)11-7-5-10(6-8-11)15-13(18)12-9-14-16-21-12/h5-9H,3-4H2,1-2H3,(H,15,18). The minimum Gasteiger partial charge on any atom is -0.321 e. The molecule has 7 nitrogen and oxygen atoms in total. The first kappa shape index (κ1) is 16.5. The van der Waals surface area contributed by atoms with Gasteiger partial charge in [0.05, 0.1) is 11.1 Å². The van der Waals surface area contributed by atoms with Gasteiger partial charge in [0.1, 0.15) is 4.88 Å². The summed E-state index contributed by atoms with van der Waals surface area (Å²) in [4.78, 5) is 12.4. The van der Waals surface area contributed by atoms with E-state index in [0.717, 1.165) is 11.5 Å². The summed E-state index contributed by atoms with van der Waals surface area (Å²) < 4.78 is 29.7. The molecular weight excluding hydrogens is 324 g/mol. The van der Waals surface area contributed by atoms with Gasteiger partial charge in [-0.05, 0) is 35.8 Å². The number of carbonyl (C=O) groups is 1. The van der Waals surface area contributed by atoms with E-state index in [1.165, 1.54) is 22.6 Å². The number of rotatable bonds is 6. The lowest BCUT2D eigenvalue weighted by molar-refractivity contribution is 0.103. The third-order valence-electron chi connectivity index (χ3n) is 3.04. The average molecular weight is 340 g/mol. The first-order valence-electron chi connectivity index (χ1n) is 6.68. The predicted molar refractivity (Wildman–Crippen MR) is 84.4 cm³/mol. The first-order chi connectivity index (χ1) is 10.5. The van der Waals surface area contributed by atoms with Crippen molar-refractivity contribution in [2.75, 3.05) is 18.4 Å². The summed E-state index contributed by atoms with van der Waals surface area (Å²) in [5.41, 5.74) is 0.511. The summed E-state index contributed by atoms with van der Waals surface area (Å²) in [7, 11) is -3.49. The van der Waals surface area contributed by atoms with Crippen molar-refractivity contribution in [3.8, 4) is 0 Å². The van der Waals surface area contributed by atoms with Crippen LogP contribution < -0.4 is 5.32 Å². The van der Waals surface area contributed by atoms with Gasteiger partial charge < -0.3 is 5.32 Å². The first-order valence-corrected chi connectivity index (χ1v) is 8.89. The van der Waals surface area contributed by atoms with Gasteiger partial charge in [0.25, 0.3) is 5.91 Å². The maximum Gasteiger partial charge on any atom is 0.269 e. The van der Waals surface area contributed by atoms with Crippen molar-refractivity contribution in [1.82, 2.24) is 13.9 Å². The topological polar surface area (TPSA) is 92.3 Å². The number of sulfonamides is 1. The van der Waals surface area contributed by atoms with E-state index in [0.29, 0.717) is 23.7 Å². The van der Waals surface area contributed by atoms with Gasteiger partial charge >= 0.3 is 0 Å². The number of carbonyl (C=O) groups excluding carboxylic acids is 1. The van der Waals surface area contributed by atoms with Crippen molar-refractivity contribution >= 4 is 33.2 Å². The Labute approximate surface area is 133 Å². The largest absolute Gasteiger partial charge is 0.321 e. The van der Waals surface area contributed by atoms with Crippen molar-refractivity contribution in [3.05, 3.63) is 35.3 Å². The highest BCUT2D eigenvalue weighted by molar-refractivity contribution is 7.89. The number of nitrogens with one attached hydrogen (secondary N) is 1. The van der Waals surface area contributed by atoms with Gasteiger partial charge in [-0.2, -0.15) is 4.31 Å². The summed E-state index contributed by atoms with van der Waals surface area (Å²) in [5, 5.41) is 6.26. The summed E-state index contributed by atoms with van der Waals surface area (Å²) in [5.74, 6) is -0.325. The van der Waals surface area contributed by atoms with Crippen molar-refractivity contribution < 1.29 is 13.2 Å². The number of hydrogen-bond donors (Lipinski definition) is 1. The molecule has 2 rings (SSSR count). The molecule has 0 atom stereocenters. The number of benzene rings is 1. The highest BCUT2D eigenvalue weighted by atomic mass is 32.2. The SMILES string of the molecule is CCN(CC)S(=O)(=O)c1ccc(NC(=O)c2cnns2)cc1. The van der Waals surface area contributed by atoms with E-state index in [-0.39, 0.29) is 10.8 Å². The van der Waals surface area contributed by atoms with Gasteiger partial charge in [-0.25, -0.2) is 8.42 Å². The van der Waals surface area contributed by atoms with E-state index in [1.807, 2.05) is 0 Å². The van der Waals surface area contributed by atoms with Crippen LogP contribution in [-0.2, 0) is 10.0 Å². The molecule has 118 valence electrons. The molecule has 0 radical (unpaired) electrons. The number of nitrogens with zero attached hydrogens (tertiary/aromatic N) is 3. The molecule has 1 aromatic carbocycles. The van der Waals surface area contributed by atoms with E-state index >= 15 is 0 Å². The third-order valence-corrected chi connectivity index (χ3v) is 5.77. The molecule has 0 unspecified atom stereocenters. The van der Waals surface area contributed by atoms with Crippen LogP contribution in [0.1, 0.15) is 23.5 Å². The average Bonchev–Trinajstić information content (AvgIpc) is 3.03. The van der Waals surface area contributed by atoms with Crippen molar-refractivity contribution in [1.29, 1.82) is 0 Å². The van der Waals surface area contributed by atoms with E-state index in [1.54, 1.807) is 26.0 Å². The van der Waals surface area contributed by atoms with Gasteiger partial charge in [-0.15, -0.1) is 5.10 Å². The number of amides is 1. The molecule has 9 heteroatoms. The fourth-order valence-corrected chi connectivity index (χ4v) is 3.75. The van der Waals surface area contributed by atoms with Crippen LogP contribution in [0.5, 0.6) is 0 Å². The maximum atomic E-state index is 12.3. The lowest BCUT2D eigenvalue weighted by Gasteiger charge is -2.18. The summed E-state index contributed by atoms with van der Waals surface area (Å²) >= 11 is 0.992. The Bertz CT molecular complexity index is 723. The second-order valence-electron chi connectivity index (χ2n) is 4.35. The summed E-state index contributed by atoms with van der Waals surface area (Å²) in [6.45, 7) is 4.41. The molecule has 0 saturated carbocycles. The zero-order valence-corrected chi connectivity index (χ0v) is 13.8. The van der Waals surface area contributed by atoms with Gasteiger partial charge in [0.15, 0.2) is 0 Å². The second-order valence-corrected chi connectivity index (χ2v) is 7.07. The van der Waals surface area contributed by atoms with E-state index in [4.69, 9.17) is 0 Å². The number of anilines is 1. The zero-order chi connectivity index (χ0) is 16.2. The zero-order valence-electron chi connectivity index (χ0n) is 12.2. The Kier molecular flexibility index (Phi) is 5.22. The fraction of sp³-hybridized carbons (Fsp3) is 0.308. The summed E-state index contributed by atoms with van der Waals surface area (Å²) in [6.07, 6.45) is 1.37. The van der Waals surface area contributed by atoms with Crippen LogP contribution in [0.2, 0.25) is 0 Å². The van der Waals surface area contributed by atoms with Gasteiger partial charge in [-0.1, -0.05) is 18.3 Å². The minimum atomic E-state index is -3.49. The monoisotopic (exact) mass is 340 g/mol. The van der Waals surface area contributed by atoms with Crippen LogP contribution in [0.3, 0.4) is 0 Å². The Balaban J connectivity index is 2.15. The van der Waals surface area contributed by atoms with Gasteiger partial charge in [0, 0.05) is 18.8 Å². The highest BCUT2D eigenvalue weighted by Gasteiger charge is 2.21. The Morgan fingerprint density at radius 1 is 1.23 bits per heavy atom. The molecule has 0 bridgehead atoms. The number of hydrogen-bond acceptors (Lipinski definition) is 6. The third kappa shape index (κ3) is 3.49. The normalized spacial score (nSPS) is 11.6. The van der Waals surface area contributed by atoms with Crippen molar-refractivity contribution in [3.63, 3.8) is 0 Å². The van der Waals surface area contributed by atoms with E-state index in [2.05, 4.69) is 14.9 Å². The Hall–Kier alpha value is -1.84. The molecular formula is C13H16N4O3S2. The Morgan fingerprint density at radius 2 is 1.86 bits per heavy atom. The van der Waals surface area contributed by atoms with Crippen LogP contribution in [0.25, 0.3) is 0 Å². The molecule has 0 spiro atoms. The highest BCUT2D eigenvalue weighted by Crippen LogP contribution is 2.19. The molecule has 1 amide bonds. The molecule has 1 aromatic heterocycles. The van der Waals surface area contributed by atoms with Crippen LogP contribution in [0.15, 0.2) is 35.4 Å². The minimum absolute atomic E-state index is 0.202. The van der Waals surface area contributed by atoms with Crippen LogP contribution in [0, 0.1) is 0 Å². The molecule has 1 heterocycles. The quantitative estimate of drug-likeness (QED) is 0.866. The van der Waals surface area contributed by atoms with Crippen LogP contribution in [-0.4, -0.2) is 41.3 Å². The van der Waals surface area contributed by atoms with Crippen LogP contribution >= 0.6 is 11.5 Å². The van der Waals surface area contributed by atoms with E-state index < -0.39 is 10.0 Å².